The molecule has 1 amide bonds. The van der Waals surface area contributed by atoms with Gasteiger partial charge in [0.15, 0.2) is 5.69 Å². The van der Waals surface area contributed by atoms with Crippen molar-refractivity contribution in [3.8, 4) is 6.07 Å². The normalized spacial score (nSPS) is 22.3. The Bertz CT molecular complexity index is 1040. The number of carbonyl (C=O) groups is 1. The fourth-order valence-corrected chi connectivity index (χ4v) is 4.46. The van der Waals surface area contributed by atoms with Crippen LogP contribution < -0.4 is 4.90 Å². The molecule has 2 fully saturated rings. The van der Waals surface area contributed by atoms with Crippen LogP contribution in [0.15, 0.2) is 24.5 Å². The highest BCUT2D eigenvalue weighted by molar-refractivity contribution is 5.93. The minimum Gasteiger partial charge on any atom is -0.444 e. The second kappa shape index (κ2) is 9.49. The molecule has 4 heterocycles. The highest BCUT2D eigenvalue weighted by Gasteiger charge is 2.31. The minimum absolute atomic E-state index is 0.0317. The van der Waals surface area contributed by atoms with Gasteiger partial charge in [-0.3, -0.25) is 9.88 Å². The zero-order chi connectivity index (χ0) is 23.6. The number of aromatic nitrogens is 2. The molecule has 0 aromatic carbocycles. The van der Waals surface area contributed by atoms with Crippen LogP contribution >= 0.6 is 0 Å². The van der Waals surface area contributed by atoms with Crippen molar-refractivity contribution in [2.24, 2.45) is 0 Å². The first kappa shape index (κ1) is 23.2. The topological polar surface area (TPSA) is 94.8 Å². The van der Waals surface area contributed by atoms with E-state index >= 15 is 0 Å². The number of pyridine rings is 2. The van der Waals surface area contributed by atoms with Crippen LogP contribution in [-0.2, 0) is 9.47 Å². The standard InChI is InChI=1S/C24H32N6O3/c1-17-14-30(21-13-27-20(12-25)22-19(21)6-5-7-26-22)16-18(32-17)15-28-8-10-29(11-9-28)23(31)33-24(2,3)4/h5-7,13,17-18H,8-11,14-16H2,1-4H3/t17-,18+/m1/s1. The zero-order valence-electron chi connectivity index (χ0n) is 19.8. The van der Waals surface area contributed by atoms with Crippen molar-refractivity contribution in [2.75, 3.05) is 50.7 Å². The first-order valence-electron chi connectivity index (χ1n) is 11.5. The summed E-state index contributed by atoms with van der Waals surface area (Å²) in [5, 5.41) is 10.3. The lowest BCUT2D eigenvalue weighted by molar-refractivity contribution is -0.0393. The van der Waals surface area contributed by atoms with E-state index in [1.165, 1.54) is 0 Å². The van der Waals surface area contributed by atoms with E-state index in [1.54, 1.807) is 17.3 Å². The molecular weight excluding hydrogens is 420 g/mol. The van der Waals surface area contributed by atoms with E-state index in [9.17, 15) is 10.1 Å². The Labute approximate surface area is 194 Å². The van der Waals surface area contributed by atoms with E-state index in [0.717, 1.165) is 43.8 Å². The van der Waals surface area contributed by atoms with Crippen molar-refractivity contribution in [3.05, 3.63) is 30.2 Å². The summed E-state index contributed by atoms with van der Waals surface area (Å²) < 4.78 is 11.8. The lowest BCUT2D eigenvalue weighted by Crippen LogP contribution is -2.55. The molecule has 2 aromatic rings. The summed E-state index contributed by atoms with van der Waals surface area (Å²) in [7, 11) is 0. The average Bonchev–Trinajstić information content (AvgIpc) is 2.77. The lowest BCUT2D eigenvalue weighted by atomic mass is 10.1. The maximum Gasteiger partial charge on any atom is 0.410 e. The third-order valence-electron chi connectivity index (χ3n) is 5.88. The number of carbonyl (C=O) groups excluding carboxylic acids is 1. The SMILES string of the molecule is C[C@@H]1CN(c2cnc(C#N)c3ncccc23)C[C@H](CN2CCN(C(=O)OC(C)(C)C)CC2)O1. The number of anilines is 1. The molecule has 176 valence electrons. The summed E-state index contributed by atoms with van der Waals surface area (Å²) in [6.45, 7) is 12.9. The maximum atomic E-state index is 12.3. The summed E-state index contributed by atoms with van der Waals surface area (Å²) >= 11 is 0. The Morgan fingerprint density at radius 2 is 2.00 bits per heavy atom. The van der Waals surface area contributed by atoms with Gasteiger partial charge in [0.2, 0.25) is 0 Å². The highest BCUT2D eigenvalue weighted by atomic mass is 16.6. The second-order valence-electron chi connectivity index (χ2n) is 9.75. The van der Waals surface area contributed by atoms with Gasteiger partial charge in [-0.15, -0.1) is 0 Å². The van der Waals surface area contributed by atoms with Gasteiger partial charge in [-0.2, -0.15) is 5.26 Å². The van der Waals surface area contributed by atoms with Crippen LogP contribution in [0.5, 0.6) is 0 Å². The fraction of sp³-hybridized carbons (Fsp3) is 0.583. The molecule has 0 spiro atoms. The van der Waals surface area contributed by atoms with Gasteiger partial charge in [0, 0.05) is 57.4 Å². The molecule has 2 aliphatic heterocycles. The van der Waals surface area contributed by atoms with Crippen molar-refractivity contribution in [2.45, 2.75) is 45.5 Å². The first-order valence-corrected chi connectivity index (χ1v) is 11.5. The number of nitrogens with zero attached hydrogens (tertiary/aromatic N) is 6. The van der Waals surface area contributed by atoms with Gasteiger partial charge in [-0.1, -0.05) is 0 Å². The second-order valence-corrected chi connectivity index (χ2v) is 9.75. The molecule has 2 aromatic heterocycles. The van der Waals surface area contributed by atoms with Gasteiger partial charge in [0.1, 0.15) is 17.2 Å². The van der Waals surface area contributed by atoms with Crippen LogP contribution in [0, 0.1) is 11.3 Å². The van der Waals surface area contributed by atoms with Crippen molar-refractivity contribution < 1.29 is 14.3 Å². The Morgan fingerprint density at radius 3 is 2.70 bits per heavy atom. The molecule has 0 N–H and O–H groups in total. The van der Waals surface area contributed by atoms with Crippen LogP contribution in [0.1, 0.15) is 33.4 Å². The number of ether oxygens (including phenoxy) is 2. The minimum atomic E-state index is -0.482. The number of hydrogen-bond acceptors (Lipinski definition) is 8. The molecule has 2 aliphatic rings. The quantitative estimate of drug-likeness (QED) is 0.702. The molecule has 0 bridgehead atoms. The molecular formula is C24H32N6O3. The number of rotatable bonds is 3. The highest BCUT2D eigenvalue weighted by Crippen LogP contribution is 2.29. The first-order chi connectivity index (χ1) is 15.7. The van der Waals surface area contributed by atoms with Crippen molar-refractivity contribution in [1.29, 1.82) is 5.26 Å². The van der Waals surface area contributed by atoms with E-state index < -0.39 is 5.60 Å². The number of nitriles is 1. The van der Waals surface area contributed by atoms with E-state index in [0.29, 0.717) is 24.3 Å². The molecule has 2 atom stereocenters. The van der Waals surface area contributed by atoms with Crippen molar-refractivity contribution >= 4 is 22.7 Å². The number of morpholine rings is 1. The number of fused-ring (bicyclic) bond motifs is 1. The predicted octanol–water partition coefficient (Wildman–Crippen LogP) is 2.65. The summed E-state index contributed by atoms with van der Waals surface area (Å²) in [6, 6.07) is 6.01. The Kier molecular flexibility index (Phi) is 6.68. The lowest BCUT2D eigenvalue weighted by Gasteiger charge is -2.42. The largest absolute Gasteiger partial charge is 0.444 e. The van der Waals surface area contributed by atoms with Crippen LogP contribution in [0.3, 0.4) is 0 Å². The number of hydrogen-bond donors (Lipinski definition) is 0. The summed E-state index contributed by atoms with van der Waals surface area (Å²) in [4.78, 5) is 27.5. The van der Waals surface area contributed by atoms with Gasteiger partial charge >= 0.3 is 6.09 Å². The van der Waals surface area contributed by atoms with Crippen molar-refractivity contribution in [3.63, 3.8) is 0 Å². The van der Waals surface area contributed by atoms with E-state index in [2.05, 4.69) is 32.8 Å². The van der Waals surface area contributed by atoms with Gasteiger partial charge in [-0.25, -0.2) is 9.78 Å². The summed E-state index contributed by atoms with van der Waals surface area (Å²) in [5.41, 5.74) is 1.47. The van der Waals surface area contributed by atoms with Crippen LogP contribution in [0.2, 0.25) is 0 Å². The van der Waals surface area contributed by atoms with Gasteiger partial charge in [0.05, 0.1) is 24.1 Å². The molecule has 9 heteroatoms. The summed E-state index contributed by atoms with van der Waals surface area (Å²) in [5.74, 6) is 0. The molecule has 0 aliphatic carbocycles. The van der Waals surface area contributed by atoms with Gasteiger partial charge in [0.25, 0.3) is 0 Å². The van der Waals surface area contributed by atoms with E-state index in [4.69, 9.17) is 9.47 Å². The van der Waals surface area contributed by atoms with E-state index in [1.807, 2.05) is 32.9 Å². The third kappa shape index (κ3) is 5.52. The van der Waals surface area contributed by atoms with Crippen LogP contribution in [0.4, 0.5) is 10.5 Å². The molecule has 0 unspecified atom stereocenters. The monoisotopic (exact) mass is 452 g/mol. The smallest absolute Gasteiger partial charge is 0.410 e. The van der Waals surface area contributed by atoms with Crippen molar-refractivity contribution in [1.82, 2.24) is 19.8 Å². The Balaban J connectivity index is 1.40. The van der Waals surface area contributed by atoms with Crippen LogP contribution in [-0.4, -0.2) is 89.5 Å². The Morgan fingerprint density at radius 1 is 1.24 bits per heavy atom. The average molecular weight is 453 g/mol. The van der Waals surface area contributed by atoms with Gasteiger partial charge in [-0.05, 0) is 39.8 Å². The molecule has 0 radical (unpaired) electrons. The summed E-state index contributed by atoms with van der Waals surface area (Å²) in [6.07, 6.45) is 3.32. The maximum absolute atomic E-state index is 12.3. The number of amides is 1. The molecule has 4 rings (SSSR count). The predicted molar refractivity (Wildman–Crippen MR) is 125 cm³/mol. The third-order valence-corrected chi connectivity index (χ3v) is 5.88. The molecule has 9 nitrogen and oxygen atoms in total. The van der Waals surface area contributed by atoms with Crippen LogP contribution in [0.25, 0.3) is 10.9 Å². The Hall–Kier alpha value is -2.96. The number of piperazine rings is 1. The van der Waals surface area contributed by atoms with Gasteiger partial charge < -0.3 is 19.3 Å². The molecule has 0 saturated carbocycles. The molecule has 33 heavy (non-hydrogen) atoms. The zero-order valence-corrected chi connectivity index (χ0v) is 19.8. The fourth-order valence-electron chi connectivity index (χ4n) is 4.46. The van der Waals surface area contributed by atoms with E-state index in [-0.39, 0.29) is 18.3 Å². The molecule has 2 saturated heterocycles.